The van der Waals surface area contributed by atoms with Gasteiger partial charge in [-0.15, -0.1) is 0 Å². The molecule has 1 saturated heterocycles. The molecule has 0 spiro atoms. The Labute approximate surface area is 187 Å². The average Bonchev–Trinajstić information content (AvgIpc) is 3.26. The summed E-state index contributed by atoms with van der Waals surface area (Å²) < 4.78 is 16.9. The van der Waals surface area contributed by atoms with E-state index in [-0.39, 0.29) is 0 Å². The van der Waals surface area contributed by atoms with Gasteiger partial charge in [0.05, 0.1) is 0 Å². The van der Waals surface area contributed by atoms with E-state index in [1.807, 2.05) is 24.3 Å². The highest BCUT2D eigenvalue weighted by Crippen LogP contribution is 2.34. The molecule has 0 amide bonds. The summed E-state index contributed by atoms with van der Waals surface area (Å²) in [6.07, 6.45) is 1.51. The van der Waals surface area contributed by atoms with Gasteiger partial charge in [-0.05, 0) is 54.8 Å². The van der Waals surface area contributed by atoms with Crippen LogP contribution < -0.4 is 24.8 Å². The molecule has 0 radical (unpaired) electrons. The first kappa shape index (κ1) is 20.4. The highest BCUT2D eigenvalue weighted by molar-refractivity contribution is 5.68. The molecular formula is C24H27N5O3. The molecule has 2 aliphatic heterocycles. The van der Waals surface area contributed by atoms with Crippen molar-refractivity contribution in [2.75, 3.05) is 43.6 Å². The first-order valence-electron chi connectivity index (χ1n) is 10.8. The van der Waals surface area contributed by atoms with Crippen LogP contribution in [-0.2, 0) is 6.54 Å². The molecule has 2 aromatic carbocycles. The summed E-state index contributed by atoms with van der Waals surface area (Å²) in [5.41, 5.74) is 10.5. The van der Waals surface area contributed by atoms with Crippen LogP contribution in [0.1, 0.15) is 16.7 Å². The van der Waals surface area contributed by atoms with Crippen LogP contribution in [0, 0.1) is 13.8 Å². The Balaban J connectivity index is 1.23. The number of nitrogens with two attached hydrogens (primary N) is 1. The van der Waals surface area contributed by atoms with Gasteiger partial charge >= 0.3 is 0 Å². The standard InChI is InChI=1S/C24H27N5O3/c1-16-3-5-19(11-17(16)2)32-24-22(25)23(26-14-27-24)29-9-7-28(8-10-29)13-18-4-6-20-21(12-18)31-15-30-20/h3-6,11-12,14H,7-10,13,15,25H2,1-2H3. The molecule has 8 nitrogen and oxygen atoms in total. The minimum absolute atomic E-state index is 0.299. The molecule has 1 aromatic heterocycles. The summed E-state index contributed by atoms with van der Waals surface area (Å²) >= 11 is 0. The van der Waals surface area contributed by atoms with Gasteiger partial charge in [-0.2, -0.15) is 4.98 Å². The van der Waals surface area contributed by atoms with Crippen LogP contribution in [0.3, 0.4) is 0 Å². The van der Waals surface area contributed by atoms with Crippen molar-refractivity contribution < 1.29 is 14.2 Å². The second kappa shape index (κ2) is 8.55. The van der Waals surface area contributed by atoms with Crippen LogP contribution >= 0.6 is 0 Å². The molecule has 8 heteroatoms. The molecule has 5 rings (SSSR count). The number of ether oxygens (including phenoxy) is 3. The Morgan fingerprint density at radius 1 is 0.938 bits per heavy atom. The SMILES string of the molecule is Cc1ccc(Oc2ncnc(N3CCN(Cc4ccc5c(c4)OCO5)CC3)c2N)cc1C. The highest BCUT2D eigenvalue weighted by atomic mass is 16.7. The largest absolute Gasteiger partial charge is 0.454 e. The fourth-order valence-electron chi connectivity index (χ4n) is 4.01. The molecule has 3 heterocycles. The first-order valence-corrected chi connectivity index (χ1v) is 10.8. The number of nitrogen functional groups attached to an aromatic ring is 1. The van der Waals surface area contributed by atoms with Crippen molar-refractivity contribution in [1.82, 2.24) is 14.9 Å². The fourth-order valence-corrected chi connectivity index (χ4v) is 4.01. The van der Waals surface area contributed by atoms with Crippen LogP contribution in [0.4, 0.5) is 11.5 Å². The first-order chi connectivity index (χ1) is 15.6. The van der Waals surface area contributed by atoms with E-state index in [4.69, 9.17) is 19.9 Å². The molecular weight excluding hydrogens is 406 g/mol. The number of hydrogen-bond donors (Lipinski definition) is 1. The number of hydrogen-bond acceptors (Lipinski definition) is 8. The summed E-state index contributed by atoms with van der Waals surface area (Å²) in [5, 5.41) is 0. The molecule has 166 valence electrons. The lowest BCUT2D eigenvalue weighted by molar-refractivity contribution is 0.174. The van der Waals surface area contributed by atoms with Gasteiger partial charge in [0, 0.05) is 32.7 Å². The normalized spacial score (nSPS) is 15.8. The van der Waals surface area contributed by atoms with Gasteiger partial charge < -0.3 is 24.8 Å². The lowest BCUT2D eigenvalue weighted by atomic mass is 10.1. The van der Waals surface area contributed by atoms with E-state index in [9.17, 15) is 0 Å². The van der Waals surface area contributed by atoms with E-state index < -0.39 is 0 Å². The zero-order valence-corrected chi connectivity index (χ0v) is 18.4. The number of aromatic nitrogens is 2. The fraction of sp³-hybridized carbons (Fsp3) is 0.333. The second-order valence-corrected chi connectivity index (χ2v) is 8.22. The molecule has 0 atom stereocenters. The number of anilines is 2. The van der Waals surface area contributed by atoms with E-state index in [1.165, 1.54) is 17.5 Å². The van der Waals surface area contributed by atoms with Crippen molar-refractivity contribution >= 4 is 11.5 Å². The Morgan fingerprint density at radius 2 is 1.75 bits per heavy atom. The van der Waals surface area contributed by atoms with E-state index in [0.29, 0.717) is 18.4 Å². The monoisotopic (exact) mass is 433 g/mol. The molecule has 2 N–H and O–H groups in total. The molecule has 0 unspecified atom stereocenters. The van der Waals surface area contributed by atoms with Gasteiger partial charge in [-0.3, -0.25) is 4.90 Å². The van der Waals surface area contributed by atoms with Crippen LogP contribution in [-0.4, -0.2) is 47.8 Å². The predicted molar refractivity (Wildman–Crippen MR) is 122 cm³/mol. The second-order valence-electron chi connectivity index (χ2n) is 8.22. The number of piperazine rings is 1. The highest BCUT2D eigenvalue weighted by Gasteiger charge is 2.23. The third-order valence-corrected chi connectivity index (χ3v) is 6.03. The molecule has 0 aliphatic carbocycles. The minimum atomic E-state index is 0.299. The van der Waals surface area contributed by atoms with E-state index in [2.05, 4.69) is 45.7 Å². The van der Waals surface area contributed by atoms with Crippen molar-refractivity contribution in [2.24, 2.45) is 0 Å². The van der Waals surface area contributed by atoms with E-state index in [1.54, 1.807) is 0 Å². The van der Waals surface area contributed by atoms with Crippen LogP contribution in [0.15, 0.2) is 42.7 Å². The van der Waals surface area contributed by atoms with Gasteiger partial charge in [-0.1, -0.05) is 12.1 Å². The molecule has 0 saturated carbocycles. The number of benzene rings is 2. The molecule has 0 bridgehead atoms. The van der Waals surface area contributed by atoms with Gasteiger partial charge in [0.2, 0.25) is 12.7 Å². The lowest BCUT2D eigenvalue weighted by Gasteiger charge is -2.35. The number of fused-ring (bicyclic) bond motifs is 1. The summed E-state index contributed by atoms with van der Waals surface area (Å²) in [7, 11) is 0. The zero-order valence-electron chi connectivity index (χ0n) is 18.4. The Morgan fingerprint density at radius 3 is 2.56 bits per heavy atom. The van der Waals surface area contributed by atoms with Crippen molar-refractivity contribution in [3.05, 3.63) is 59.4 Å². The van der Waals surface area contributed by atoms with E-state index in [0.717, 1.165) is 61.4 Å². The maximum absolute atomic E-state index is 6.41. The Bertz CT molecular complexity index is 1130. The predicted octanol–water partition coefficient (Wildman–Crippen LogP) is 3.52. The summed E-state index contributed by atoms with van der Waals surface area (Å²) in [6.45, 7) is 8.76. The molecule has 32 heavy (non-hydrogen) atoms. The minimum Gasteiger partial charge on any atom is -0.454 e. The van der Waals surface area contributed by atoms with Crippen LogP contribution in [0.25, 0.3) is 0 Å². The molecule has 2 aliphatic rings. The number of rotatable bonds is 5. The summed E-state index contributed by atoms with van der Waals surface area (Å²) in [4.78, 5) is 13.3. The maximum Gasteiger partial charge on any atom is 0.248 e. The van der Waals surface area contributed by atoms with Gasteiger partial charge in [0.1, 0.15) is 17.8 Å². The topological polar surface area (TPSA) is 86.0 Å². The summed E-state index contributed by atoms with van der Waals surface area (Å²) in [6, 6.07) is 12.1. The van der Waals surface area contributed by atoms with E-state index >= 15 is 0 Å². The molecule has 1 fully saturated rings. The van der Waals surface area contributed by atoms with Crippen LogP contribution in [0.2, 0.25) is 0 Å². The van der Waals surface area contributed by atoms with Crippen molar-refractivity contribution in [3.63, 3.8) is 0 Å². The Kier molecular flexibility index (Phi) is 5.45. The number of nitrogens with zero attached hydrogens (tertiary/aromatic N) is 4. The average molecular weight is 434 g/mol. The van der Waals surface area contributed by atoms with Gasteiger partial charge in [0.15, 0.2) is 17.3 Å². The number of aryl methyl sites for hydroxylation is 2. The van der Waals surface area contributed by atoms with Crippen molar-refractivity contribution in [3.8, 4) is 23.1 Å². The quantitative estimate of drug-likeness (QED) is 0.654. The smallest absolute Gasteiger partial charge is 0.248 e. The van der Waals surface area contributed by atoms with Crippen LogP contribution in [0.5, 0.6) is 23.1 Å². The molecule has 3 aromatic rings. The van der Waals surface area contributed by atoms with Crippen molar-refractivity contribution in [2.45, 2.75) is 20.4 Å². The Hall–Kier alpha value is -3.52. The zero-order chi connectivity index (χ0) is 22.1. The van der Waals surface area contributed by atoms with Gasteiger partial charge in [0.25, 0.3) is 0 Å². The third-order valence-electron chi connectivity index (χ3n) is 6.03. The third kappa shape index (κ3) is 4.13. The maximum atomic E-state index is 6.41. The van der Waals surface area contributed by atoms with Crippen molar-refractivity contribution in [1.29, 1.82) is 0 Å². The lowest BCUT2D eigenvalue weighted by Crippen LogP contribution is -2.46. The summed E-state index contributed by atoms with van der Waals surface area (Å²) in [5.74, 6) is 3.48. The van der Waals surface area contributed by atoms with Gasteiger partial charge in [-0.25, -0.2) is 4.98 Å².